The Morgan fingerprint density at radius 1 is 1.38 bits per heavy atom. The Labute approximate surface area is 144 Å². The van der Waals surface area contributed by atoms with Crippen molar-refractivity contribution in [3.63, 3.8) is 0 Å². The van der Waals surface area contributed by atoms with Gasteiger partial charge in [-0.05, 0) is 46.7 Å². The van der Waals surface area contributed by atoms with Gasteiger partial charge in [-0.2, -0.15) is 9.40 Å². The highest BCUT2D eigenvalue weighted by Gasteiger charge is 2.48. The van der Waals surface area contributed by atoms with Crippen molar-refractivity contribution in [3.05, 3.63) is 11.9 Å². The molecular weight excluding hydrogens is 328 g/mol. The highest BCUT2D eigenvalue weighted by molar-refractivity contribution is 7.89. The maximum atomic E-state index is 13.1. The Hall–Kier alpha value is -0.960. The lowest BCUT2D eigenvalue weighted by Crippen LogP contribution is -2.62. The number of sulfonamides is 1. The first-order valence-electron chi connectivity index (χ1n) is 8.69. The number of aliphatic hydroxyl groups is 1. The summed E-state index contributed by atoms with van der Waals surface area (Å²) in [6.07, 6.45) is 4.36. The van der Waals surface area contributed by atoms with Crippen molar-refractivity contribution in [3.8, 4) is 0 Å². The maximum Gasteiger partial charge on any atom is 0.246 e. The minimum atomic E-state index is -3.55. The molecule has 136 valence electrons. The molecule has 2 fully saturated rings. The van der Waals surface area contributed by atoms with Crippen LogP contribution in [0.15, 0.2) is 11.1 Å². The molecule has 2 saturated heterocycles. The largest absolute Gasteiger partial charge is 0.396 e. The third-order valence-corrected chi connectivity index (χ3v) is 7.79. The SMILES string of the molecule is CCn1cc(S(=O)(=O)N2CC[C@@]3(CO)CCCN(C)[C@@H]3C2)c(C)n1. The van der Waals surface area contributed by atoms with Gasteiger partial charge in [0.05, 0.1) is 12.3 Å². The fourth-order valence-corrected chi connectivity index (χ4v) is 5.88. The van der Waals surface area contributed by atoms with Gasteiger partial charge >= 0.3 is 0 Å². The van der Waals surface area contributed by atoms with Crippen LogP contribution in [0.2, 0.25) is 0 Å². The lowest BCUT2D eigenvalue weighted by Gasteiger charge is -2.53. The van der Waals surface area contributed by atoms with Crippen LogP contribution in [-0.4, -0.2) is 71.8 Å². The summed E-state index contributed by atoms with van der Waals surface area (Å²) in [4.78, 5) is 2.52. The lowest BCUT2D eigenvalue weighted by atomic mass is 9.69. The van der Waals surface area contributed by atoms with Crippen molar-refractivity contribution in [1.82, 2.24) is 19.0 Å². The third kappa shape index (κ3) is 2.79. The second kappa shape index (κ2) is 6.40. The second-order valence-electron chi connectivity index (χ2n) is 7.17. The normalized spacial score (nSPS) is 29.6. The first kappa shape index (κ1) is 17.8. The summed E-state index contributed by atoms with van der Waals surface area (Å²) in [7, 11) is -1.52. The summed E-state index contributed by atoms with van der Waals surface area (Å²) >= 11 is 0. The van der Waals surface area contributed by atoms with Crippen LogP contribution in [0, 0.1) is 12.3 Å². The maximum absolute atomic E-state index is 13.1. The van der Waals surface area contributed by atoms with E-state index in [4.69, 9.17) is 0 Å². The number of nitrogens with zero attached hydrogens (tertiary/aromatic N) is 4. The van der Waals surface area contributed by atoms with E-state index in [1.807, 2.05) is 14.0 Å². The molecule has 2 atom stereocenters. The Morgan fingerprint density at radius 2 is 2.12 bits per heavy atom. The zero-order chi connectivity index (χ0) is 17.5. The molecule has 7 nitrogen and oxygen atoms in total. The van der Waals surface area contributed by atoms with Crippen LogP contribution in [0.3, 0.4) is 0 Å². The van der Waals surface area contributed by atoms with Gasteiger partial charge in [-0.1, -0.05) is 0 Å². The summed E-state index contributed by atoms with van der Waals surface area (Å²) < 4.78 is 29.4. The molecule has 1 N–H and O–H groups in total. The zero-order valence-electron chi connectivity index (χ0n) is 14.8. The van der Waals surface area contributed by atoms with E-state index in [1.165, 1.54) is 0 Å². The summed E-state index contributed by atoms with van der Waals surface area (Å²) in [6, 6.07) is 0.0706. The predicted molar refractivity (Wildman–Crippen MR) is 91.2 cm³/mol. The van der Waals surface area contributed by atoms with Crippen LogP contribution in [0.1, 0.15) is 31.9 Å². The molecule has 0 bridgehead atoms. The summed E-state index contributed by atoms with van der Waals surface area (Å²) in [5.74, 6) is 0. The van der Waals surface area contributed by atoms with E-state index in [0.717, 1.165) is 19.4 Å². The van der Waals surface area contributed by atoms with E-state index in [9.17, 15) is 13.5 Å². The van der Waals surface area contributed by atoms with Gasteiger partial charge in [0.25, 0.3) is 0 Å². The van der Waals surface area contributed by atoms with Crippen LogP contribution in [-0.2, 0) is 16.6 Å². The molecule has 0 spiro atoms. The Bertz CT molecular complexity index is 702. The topological polar surface area (TPSA) is 78.7 Å². The highest BCUT2D eigenvalue weighted by Crippen LogP contribution is 2.42. The molecule has 0 aliphatic carbocycles. The third-order valence-electron chi connectivity index (χ3n) is 5.82. The van der Waals surface area contributed by atoms with Gasteiger partial charge in [0, 0.05) is 37.3 Å². The van der Waals surface area contributed by atoms with Crippen molar-refractivity contribution in [2.75, 3.05) is 33.3 Å². The molecule has 1 aromatic rings. The molecule has 3 rings (SSSR count). The molecule has 8 heteroatoms. The average molecular weight is 356 g/mol. The molecular formula is C16H28N4O3S. The summed E-state index contributed by atoms with van der Waals surface area (Å²) in [5, 5.41) is 14.2. The number of aromatic nitrogens is 2. The quantitative estimate of drug-likeness (QED) is 0.858. The number of aryl methyl sites for hydroxylation is 2. The van der Waals surface area contributed by atoms with E-state index < -0.39 is 10.0 Å². The Balaban J connectivity index is 1.89. The van der Waals surface area contributed by atoms with Gasteiger partial charge in [-0.15, -0.1) is 0 Å². The number of hydrogen-bond acceptors (Lipinski definition) is 5. The lowest BCUT2D eigenvalue weighted by molar-refractivity contribution is -0.0508. The van der Waals surface area contributed by atoms with Crippen LogP contribution in [0.5, 0.6) is 0 Å². The first-order valence-corrected chi connectivity index (χ1v) is 10.1. The number of aliphatic hydroxyl groups excluding tert-OH is 1. The number of likely N-dealkylation sites (tertiary alicyclic amines) is 1. The standard InChI is InChI=1S/C16H28N4O3S/c1-4-19-10-14(13(2)17-19)24(22,23)20-9-7-16(12-21)6-5-8-18(3)15(16)11-20/h10,15,21H,4-9,11-12H2,1-3H3/t15-,16-/m1/s1. The molecule has 3 heterocycles. The van der Waals surface area contributed by atoms with Crippen LogP contribution >= 0.6 is 0 Å². The van der Waals surface area contributed by atoms with Crippen molar-refractivity contribution < 1.29 is 13.5 Å². The average Bonchev–Trinajstić information content (AvgIpc) is 2.96. The van der Waals surface area contributed by atoms with E-state index in [2.05, 4.69) is 10.00 Å². The van der Waals surface area contributed by atoms with Gasteiger partial charge in [0.2, 0.25) is 10.0 Å². The van der Waals surface area contributed by atoms with Gasteiger partial charge in [0.1, 0.15) is 4.90 Å². The molecule has 0 radical (unpaired) electrons. The number of hydrogen-bond donors (Lipinski definition) is 1. The zero-order valence-corrected chi connectivity index (χ0v) is 15.6. The summed E-state index contributed by atoms with van der Waals surface area (Å²) in [6.45, 7) is 6.31. The van der Waals surface area contributed by atoms with E-state index in [1.54, 1.807) is 22.1 Å². The van der Waals surface area contributed by atoms with Crippen molar-refractivity contribution >= 4 is 10.0 Å². The molecule has 24 heavy (non-hydrogen) atoms. The molecule has 0 amide bonds. The fourth-order valence-electron chi connectivity index (χ4n) is 4.26. The van der Waals surface area contributed by atoms with Crippen molar-refractivity contribution in [2.45, 2.75) is 50.6 Å². The first-order chi connectivity index (χ1) is 11.3. The van der Waals surface area contributed by atoms with Crippen LogP contribution in [0.4, 0.5) is 0 Å². The summed E-state index contributed by atoms with van der Waals surface area (Å²) in [5.41, 5.74) is 0.384. The molecule has 0 saturated carbocycles. The van der Waals surface area contributed by atoms with Crippen LogP contribution < -0.4 is 0 Å². The molecule has 2 aliphatic rings. The Kier molecular flexibility index (Phi) is 4.76. The molecule has 1 aromatic heterocycles. The fraction of sp³-hybridized carbons (Fsp3) is 0.812. The number of likely N-dealkylation sites (N-methyl/N-ethyl adjacent to an activating group) is 1. The van der Waals surface area contributed by atoms with Gasteiger partial charge in [-0.3, -0.25) is 4.68 Å². The van der Waals surface area contributed by atoms with E-state index in [-0.39, 0.29) is 18.1 Å². The van der Waals surface area contributed by atoms with Gasteiger partial charge in [0.15, 0.2) is 0 Å². The predicted octanol–water partition coefficient (Wildman–Crippen LogP) is 0.679. The van der Waals surface area contributed by atoms with Gasteiger partial charge in [-0.25, -0.2) is 8.42 Å². The number of piperidine rings is 2. The van der Waals surface area contributed by atoms with Crippen molar-refractivity contribution in [2.24, 2.45) is 5.41 Å². The monoisotopic (exact) mass is 356 g/mol. The van der Waals surface area contributed by atoms with Gasteiger partial charge < -0.3 is 10.0 Å². The number of fused-ring (bicyclic) bond motifs is 1. The molecule has 0 aromatic carbocycles. The minimum absolute atomic E-state index is 0.0706. The highest BCUT2D eigenvalue weighted by atomic mass is 32.2. The van der Waals surface area contributed by atoms with E-state index >= 15 is 0 Å². The smallest absolute Gasteiger partial charge is 0.246 e. The minimum Gasteiger partial charge on any atom is -0.396 e. The Morgan fingerprint density at radius 3 is 2.75 bits per heavy atom. The second-order valence-corrected chi connectivity index (χ2v) is 9.07. The number of rotatable bonds is 4. The molecule has 0 unspecified atom stereocenters. The van der Waals surface area contributed by atoms with E-state index in [0.29, 0.717) is 36.6 Å². The van der Waals surface area contributed by atoms with Crippen molar-refractivity contribution in [1.29, 1.82) is 0 Å². The molecule has 2 aliphatic heterocycles. The van der Waals surface area contributed by atoms with Crippen LogP contribution in [0.25, 0.3) is 0 Å².